The summed E-state index contributed by atoms with van der Waals surface area (Å²) in [6, 6.07) is 0. The van der Waals surface area contributed by atoms with Crippen molar-refractivity contribution in [1.82, 2.24) is 0 Å². The third-order valence-electron chi connectivity index (χ3n) is 2.05. The molecule has 20 heavy (non-hydrogen) atoms. The van der Waals surface area contributed by atoms with Crippen molar-refractivity contribution >= 4 is 0 Å². The molecular formula is C13H14F3NO3. The maximum absolute atomic E-state index is 12.3. The molecule has 0 atom stereocenters. The molecule has 0 aromatic heterocycles. The van der Waals surface area contributed by atoms with Crippen molar-refractivity contribution in [3.8, 4) is 11.8 Å². The van der Waals surface area contributed by atoms with Crippen LogP contribution in [0.25, 0.3) is 0 Å². The molecule has 0 fully saturated rings. The molecule has 0 rings (SSSR count). The lowest BCUT2D eigenvalue weighted by molar-refractivity contribution is -0.419. The van der Waals surface area contributed by atoms with Crippen molar-refractivity contribution in [2.75, 3.05) is 6.61 Å². The Morgan fingerprint density at radius 2 is 1.95 bits per heavy atom. The fourth-order valence-electron chi connectivity index (χ4n) is 0.975. The Morgan fingerprint density at radius 1 is 1.35 bits per heavy atom. The van der Waals surface area contributed by atoms with E-state index in [0.29, 0.717) is 11.6 Å². The highest BCUT2D eigenvalue weighted by Crippen LogP contribution is 2.26. The predicted octanol–water partition coefficient (Wildman–Crippen LogP) is 2.99. The van der Waals surface area contributed by atoms with Crippen LogP contribution in [0.1, 0.15) is 20.3 Å². The van der Waals surface area contributed by atoms with Gasteiger partial charge in [-0.2, -0.15) is 13.2 Å². The third-order valence-corrected chi connectivity index (χ3v) is 2.05. The van der Waals surface area contributed by atoms with Crippen molar-refractivity contribution in [2.45, 2.75) is 26.4 Å². The summed E-state index contributed by atoms with van der Waals surface area (Å²) in [5.41, 5.74) is -1.29. The molecule has 7 heteroatoms. The first-order valence-electron chi connectivity index (χ1n) is 5.56. The molecule has 4 nitrogen and oxygen atoms in total. The van der Waals surface area contributed by atoms with Gasteiger partial charge < -0.3 is 5.11 Å². The van der Waals surface area contributed by atoms with Crippen LogP contribution in [-0.4, -0.2) is 22.8 Å². The summed E-state index contributed by atoms with van der Waals surface area (Å²) in [5, 5.41) is 19.2. The fourth-order valence-corrected chi connectivity index (χ4v) is 0.975. The molecule has 0 aliphatic carbocycles. The summed E-state index contributed by atoms with van der Waals surface area (Å²) in [6.07, 6.45) is -1.68. The van der Waals surface area contributed by atoms with Crippen molar-refractivity contribution in [1.29, 1.82) is 0 Å². The van der Waals surface area contributed by atoms with Gasteiger partial charge >= 0.3 is 6.18 Å². The number of nitro groups is 1. The van der Waals surface area contributed by atoms with Gasteiger partial charge in [0, 0.05) is 24.1 Å². The summed E-state index contributed by atoms with van der Waals surface area (Å²) < 4.78 is 36.9. The van der Waals surface area contributed by atoms with Crippen molar-refractivity contribution < 1.29 is 23.2 Å². The number of halogens is 3. The molecule has 0 aliphatic rings. The lowest BCUT2D eigenvalue weighted by Gasteiger charge is -2.04. The van der Waals surface area contributed by atoms with Gasteiger partial charge in [-0.3, -0.25) is 10.1 Å². The topological polar surface area (TPSA) is 63.4 Å². The van der Waals surface area contributed by atoms with E-state index >= 15 is 0 Å². The molecule has 110 valence electrons. The van der Waals surface area contributed by atoms with E-state index in [4.69, 9.17) is 5.11 Å². The second-order valence-corrected chi connectivity index (χ2v) is 3.80. The van der Waals surface area contributed by atoms with Crippen LogP contribution in [0.3, 0.4) is 0 Å². The van der Waals surface area contributed by atoms with Crippen molar-refractivity contribution in [3.05, 3.63) is 45.2 Å². The lowest BCUT2D eigenvalue weighted by Crippen LogP contribution is -2.10. The molecule has 0 bridgehead atoms. The van der Waals surface area contributed by atoms with E-state index in [1.165, 1.54) is 6.08 Å². The van der Waals surface area contributed by atoms with Crippen molar-refractivity contribution in [2.24, 2.45) is 0 Å². The number of aliphatic hydroxyl groups excluding tert-OH is 1. The van der Waals surface area contributed by atoms with Gasteiger partial charge in [-0.15, -0.1) is 0 Å². The number of allylic oxidation sites excluding steroid dienone is 5. The highest BCUT2D eigenvalue weighted by atomic mass is 19.4. The van der Waals surface area contributed by atoms with E-state index < -0.39 is 22.4 Å². The SMILES string of the molecule is C\C(C#CCCO)=C/C=C(\C=C(/C)C(F)(F)F)[N+](=O)[O-]. The monoisotopic (exact) mass is 289 g/mol. The Hall–Kier alpha value is -2.07. The Labute approximate surface area is 114 Å². The standard InChI is InChI=1S/C13H14F3NO3/c1-10(5-3-4-8-18)6-7-12(17(19)20)9-11(2)13(14,15)16/h6-7,9,18H,4,8H2,1-2H3/b10-6+,11-9+,12-7+. The minimum atomic E-state index is -4.60. The molecule has 0 aromatic rings. The predicted molar refractivity (Wildman–Crippen MR) is 68.1 cm³/mol. The van der Waals surface area contributed by atoms with Gasteiger partial charge in [-0.05, 0) is 25.5 Å². The highest BCUT2D eigenvalue weighted by Gasteiger charge is 2.31. The first-order valence-corrected chi connectivity index (χ1v) is 5.56. The fraction of sp³-hybridized carbons (Fsp3) is 0.385. The van der Waals surface area contributed by atoms with E-state index in [1.807, 2.05) is 0 Å². The maximum Gasteiger partial charge on any atom is 0.412 e. The molecule has 0 aromatic carbocycles. The zero-order valence-electron chi connectivity index (χ0n) is 11.0. The Morgan fingerprint density at radius 3 is 2.40 bits per heavy atom. The summed E-state index contributed by atoms with van der Waals surface area (Å²) in [4.78, 5) is 9.76. The molecular weight excluding hydrogens is 275 g/mol. The summed E-state index contributed by atoms with van der Waals surface area (Å²) in [5.74, 6) is 5.19. The van der Waals surface area contributed by atoms with Crippen LogP contribution in [0.2, 0.25) is 0 Å². The first kappa shape index (κ1) is 17.9. The number of hydrogen-bond acceptors (Lipinski definition) is 3. The molecule has 0 saturated heterocycles. The third kappa shape index (κ3) is 7.38. The summed E-state index contributed by atoms with van der Waals surface area (Å²) in [7, 11) is 0. The Bertz CT molecular complexity index is 505. The zero-order valence-corrected chi connectivity index (χ0v) is 11.0. The highest BCUT2D eigenvalue weighted by molar-refractivity contribution is 5.32. The van der Waals surface area contributed by atoms with Crippen LogP contribution < -0.4 is 0 Å². The summed E-state index contributed by atoms with van der Waals surface area (Å²) in [6.45, 7) is 2.21. The molecule has 0 heterocycles. The lowest BCUT2D eigenvalue weighted by atomic mass is 10.2. The quantitative estimate of drug-likeness (QED) is 0.374. The van der Waals surface area contributed by atoms with Crippen LogP contribution in [-0.2, 0) is 0 Å². The minimum absolute atomic E-state index is 0.107. The van der Waals surface area contributed by atoms with Crippen LogP contribution in [0.4, 0.5) is 13.2 Å². The van der Waals surface area contributed by atoms with Crippen LogP contribution >= 0.6 is 0 Å². The van der Waals surface area contributed by atoms with Crippen LogP contribution in [0.5, 0.6) is 0 Å². The van der Waals surface area contributed by atoms with E-state index in [2.05, 4.69) is 11.8 Å². The average Bonchev–Trinajstić information content (AvgIpc) is 2.32. The van der Waals surface area contributed by atoms with E-state index in [0.717, 1.165) is 13.0 Å². The van der Waals surface area contributed by atoms with Gasteiger partial charge in [0.25, 0.3) is 5.70 Å². The Kier molecular flexibility index (Phi) is 7.33. The average molecular weight is 289 g/mol. The summed E-state index contributed by atoms with van der Waals surface area (Å²) >= 11 is 0. The zero-order chi connectivity index (χ0) is 15.8. The maximum atomic E-state index is 12.3. The van der Waals surface area contributed by atoms with E-state index in [-0.39, 0.29) is 13.0 Å². The van der Waals surface area contributed by atoms with Gasteiger partial charge in [0.2, 0.25) is 0 Å². The molecule has 1 N–H and O–H groups in total. The molecule has 0 amide bonds. The van der Waals surface area contributed by atoms with E-state index in [9.17, 15) is 23.3 Å². The minimum Gasteiger partial charge on any atom is -0.395 e. The second kappa shape index (κ2) is 8.17. The van der Waals surface area contributed by atoms with Crippen molar-refractivity contribution in [3.63, 3.8) is 0 Å². The second-order valence-electron chi connectivity index (χ2n) is 3.80. The number of rotatable bonds is 4. The van der Waals surface area contributed by atoms with Gasteiger partial charge in [-0.25, -0.2) is 0 Å². The molecule has 0 saturated carbocycles. The van der Waals surface area contributed by atoms with Crippen LogP contribution in [0, 0.1) is 22.0 Å². The van der Waals surface area contributed by atoms with Crippen LogP contribution in [0.15, 0.2) is 35.1 Å². The van der Waals surface area contributed by atoms with Gasteiger partial charge in [0.05, 0.1) is 11.5 Å². The largest absolute Gasteiger partial charge is 0.412 e. The van der Waals surface area contributed by atoms with Gasteiger partial charge in [-0.1, -0.05) is 11.8 Å². The Balaban J connectivity index is 5.24. The molecule has 0 aliphatic heterocycles. The number of nitrogens with zero attached hydrogens (tertiary/aromatic N) is 1. The normalized spacial score (nSPS) is 13.8. The van der Waals surface area contributed by atoms with Gasteiger partial charge in [0.15, 0.2) is 0 Å². The van der Waals surface area contributed by atoms with E-state index in [1.54, 1.807) is 6.92 Å². The smallest absolute Gasteiger partial charge is 0.395 e. The first-order chi connectivity index (χ1) is 9.18. The molecule has 0 radical (unpaired) electrons. The van der Waals surface area contributed by atoms with Gasteiger partial charge in [0.1, 0.15) is 0 Å². The number of aliphatic hydroxyl groups is 1. The molecule has 0 unspecified atom stereocenters. The molecule has 0 spiro atoms. The number of alkyl halides is 3. The number of hydrogen-bond donors (Lipinski definition) is 1.